The largest absolute Gasteiger partial charge is 0.500 e. The predicted octanol–water partition coefficient (Wildman–Crippen LogP) is -0.152. The van der Waals surface area contributed by atoms with Gasteiger partial charge in [-0.25, -0.2) is 0 Å². The highest BCUT2D eigenvalue weighted by Gasteiger charge is 2.37. The molecule has 1 atom stereocenters. The molecular weight excluding hydrogens is 242 g/mol. The summed E-state index contributed by atoms with van der Waals surface area (Å²) in [5.41, 5.74) is 0. The summed E-state index contributed by atoms with van der Waals surface area (Å²) in [6.07, 6.45) is 0.471. The number of carbonyl (C=O) groups excluding carboxylic acids is 1. The summed E-state index contributed by atoms with van der Waals surface area (Å²) >= 11 is 0. The normalized spacial score (nSPS) is 21.3. The molecule has 0 radical (unpaired) electrons. The monoisotopic (exact) mass is 263 g/mol. The Morgan fingerprint density at radius 3 is 2.35 bits per heavy atom. The van der Waals surface area contributed by atoms with Gasteiger partial charge >= 0.3 is 8.80 Å². The molecule has 7 heteroatoms. The predicted molar refractivity (Wildman–Crippen MR) is 63.4 cm³/mol. The number of carbonyl (C=O) groups is 1. The summed E-state index contributed by atoms with van der Waals surface area (Å²) in [6, 6.07) is 0.663. The highest BCUT2D eigenvalue weighted by Crippen LogP contribution is 2.17. The summed E-state index contributed by atoms with van der Waals surface area (Å²) in [6.45, 7) is 1.04. The number of rotatable bonds is 7. The molecule has 17 heavy (non-hydrogen) atoms. The van der Waals surface area contributed by atoms with Gasteiger partial charge in [-0.05, 0) is 6.42 Å². The molecule has 1 rings (SSSR count). The van der Waals surface area contributed by atoms with Crippen LogP contribution in [0.5, 0.6) is 0 Å². The third-order valence-electron chi connectivity index (χ3n) is 3.04. The van der Waals surface area contributed by atoms with Gasteiger partial charge in [0.2, 0.25) is 5.91 Å². The van der Waals surface area contributed by atoms with Crippen LogP contribution < -0.4 is 0 Å². The van der Waals surface area contributed by atoms with Crippen molar-refractivity contribution in [2.45, 2.75) is 25.0 Å². The Labute approximate surface area is 103 Å². The number of nitrogens with zero attached hydrogens (tertiary/aromatic N) is 1. The molecule has 1 fully saturated rings. The first-order valence-corrected chi connectivity index (χ1v) is 7.61. The molecule has 6 nitrogen and oxygen atoms in total. The second kappa shape index (κ2) is 6.46. The number of aliphatic hydroxyl groups excluding tert-OH is 1. The number of likely N-dealkylation sites (tertiary alicyclic amines) is 1. The van der Waals surface area contributed by atoms with E-state index in [-0.39, 0.29) is 12.3 Å². The lowest BCUT2D eigenvalue weighted by atomic mass is 10.3. The van der Waals surface area contributed by atoms with Crippen molar-refractivity contribution in [2.75, 3.05) is 34.4 Å². The maximum Gasteiger partial charge on any atom is 0.500 e. The van der Waals surface area contributed by atoms with Gasteiger partial charge in [0.1, 0.15) is 0 Å². The molecule has 1 unspecified atom stereocenters. The van der Waals surface area contributed by atoms with Crippen LogP contribution in [-0.4, -0.2) is 65.2 Å². The van der Waals surface area contributed by atoms with Gasteiger partial charge in [0.25, 0.3) is 0 Å². The molecule has 0 bridgehead atoms. The third-order valence-corrected chi connectivity index (χ3v) is 5.87. The van der Waals surface area contributed by atoms with Gasteiger partial charge in [-0.3, -0.25) is 4.79 Å². The van der Waals surface area contributed by atoms with E-state index in [1.165, 1.54) is 0 Å². The Hall–Kier alpha value is -0.473. The average molecular weight is 263 g/mol. The van der Waals surface area contributed by atoms with Crippen molar-refractivity contribution in [3.63, 3.8) is 0 Å². The summed E-state index contributed by atoms with van der Waals surface area (Å²) < 4.78 is 15.9. The third kappa shape index (κ3) is 3.75. The molecule has 1 amide bonds. The lowest BCUT2D eigenvalue weighted by Gasteiger charge is -2.25. The summed E-state index contributed by atoms with van der Waals surface area (Å²) in [7, 11) is 2.19. The van der Waals surface area contributed by atoms with Crippen molar-refractivity contribution in [2.24, 2.45) is 0 Å². The van der Waals surface area contributed by atoms with Gasteiger partial charge in [-0.2, -0.15) is 0 Å². The van der Waals surface area contributed by atoms with Crippen LogP contribution in [0.25, 0.3) is 0 Å². The minimum Gasteiger partial charge on any atom is -0.391 e. The van der Waals surface area contributed by atoms with Crippen molar-refractivity contribution in [1.29, 1.82) is 0 Å². The lowest BCUT2D eigenvalue weighted by Crippen LogP contribution is -2.43. The number of aliphatic hydroxyl groups is 1. The van der Waals surface area contributed by atoms with Crippen LogP contribution in [0, 0.1) is 0 Å². The molecule has 0 aliphatic carbocycles. The minimum absolute atomic E-state index is 0.0111. The van der Waals surface area contributed by atoms with Crippen LogP contribution in [0.15, 0.2) is 0 Å². The van der Waals surface area contributed by atoms with E-state index in [9.17, 15) is 9.90 Å². The fraction of sp³-hybridized carbons (Fsp3) is 0.900. The van der Waals surface area contributed by atoms with E-state index < -0.39 is 14.9 Å². The molecule has 0 aromatic carbocycles. The zero-order chi connectivity index (χ0) is 12.9. The number of hydrogen-bond acceptors (Lipinski definition) is 5. The van der Waals surface area contributed by atoms with Crippen molar-refractivity contribution >= 4 is 14.7 Å². The van der Waals surface area contributed by atoms with Crippen molar-refractivity contribution < 1.29 is 23.2 Å². The number of hydrogen-bond donors (Lipinski definition) is 1. The standard InChI is InChI=1S/C10H21NO5Si/c1-14-17(15-2,16-3)6-4-5-11-8-9(12)7-10(11)13/h9,12H,4-8H2,1-3H3. The van der Waals surface area contributed by atoms with Crippen LogP contribution in [-0.2, 0) is 18.1 Å². The molecule has 0 saturated carbocycles. The summed E-state index contributed by atoms with van der Waals surface area (Å²) in [4.78, 5) is 13.1. The molecule has 0 aromatic rings. The maximum atomic E-state index is 11.4. The first-order valence-electron chi connectivity index (χ1n) is 5.68. The lowest BCUT2D eigenvalue weighted by molar-refractivity contribution is -0.127. The van der Waals surface area contributed by atoms with E-state index in [4.69, 9.17) is 13.3 Å². The highest BCUT2D eigenvalue weighted by molar-refractivity contribution is 6.60. The van der Waals surface area contributed by atoms with Crippen LogP contribution >= 0.6 is 0 Å². The van der Waals surface area contributed by atoms with Gasteiger partial charge < -0.3 is 23.3 Å². The Morgan fingerprint density at radius 1 is 1.35 bits per heavy atom. The first-order chi connectivity index (χ1) is 8.06. The summed E-state index contributed by atoms with van der Waals surface area (Å²) in [5, 5.41) is 9.34. The molecule has 0 spiro atoms. The SMILES string of the molecule is CO[Si](CCCN1CC(O)CC1=O)(OC)OC. The first kappa shape index (κ1) is 14.6. The Balaban J connectivity index is 2.34. The number of amides is 1. The Bertz CT molecular complexity index is 251. The topological polar surface area (TPSA) is 68.2 Å². The van der Waals surface area contributed by atoms with Crippen molar-refractivity contribution in [3.05, 3.63) is 0 Å². The van der Waals surface area contributed by atoms with Gasteiger partial charge in [-0.1, -0.05) is 0 Å². The zero-order valence-electron chi connectivity index (χ0n) is 10.6. The van der Waals surface area contributed by atoms with Crippen LogP contribution in [0.4, 0.5) is 0 Å². The second-order valence-electron chi connectivity index (χ2n) is 4.10. The average Bonchev–Trinajstić information content (AvgIpc) is 2.64. The Morgan fingerprint density at radius 2 is 1.94 bits per heavy atom. The fourth-order valence-electron chi connectivity index (χ4n) is 2.01. The van der Waals surface area contributed by atoms with E-state index >= 15 is 0 Å². The quantitative estimate of drug-likeness (QED) is 0.647. The minimum atomic E-state index is -2.53. The van der Waals surface area contributed by atoms with Crippen LogP contribution in [0.2, 0.25) is 6.04 Å². The van der Waals surface area contributed by atoms with E-state index in [1.807, 2.05) is 0 Å². The molecule has 100 valence electrons. The van der Waals surface area contributed by atoms with Gasteiger partial charge in [0.05, 0.1) is 12.5 Å². The van der Waals surface area contributed by atoms with Gasteiger partial charge in [-0.15, -0.1) is 0 Å². The molecule has 1 N–H and O–H groups in total. The van der Waals surface area contributed by atoms with E-state index in [0.29, 0.717) is 19.1 Å². The highest BCUT2D eigenvalue weighted by atomic mass is 28.4. The van der Waals surface area contributed by atoms with E-state index in [1.54, 1.807) is 26.2 Å². The van der Waals surface area contributed by atoms with E-state index in [0.717, 1.165) is 6.42 Å². The molecule has 1 aliphatic rings. The second-order valence-corrected chi connectivity index (χ2v) is 7.19. The fourth-order valence-corrected chi connectivity index (χ4v) is 3.71. The maximum absolute atomic E-state index is 11.4. The van der Waals surface area contributed by atoms with Gasteiger partial charge in [0.15, 0.2) is 0 Å². The van der Waals surface area contributed by atoms with Crippen LogP contribution in [0.3, 0.4) is 0 Å². The molecular formula is C10H21NO5Si. The number of β-amino-alcohol motifs (C(OH)–C–C–N with tert-alkyl or cyclic N) is 1. The van der Waals surface area contributed by atoms with Gasteiger partial charge in [0, 0.05) is 40.5 Å². The zero-order valence-corrected chi connectivity index (χ0v) is 11.6. The van der Waals surface area contributed by atoms with Crippen LogP contribution in [0.1, 0.15) is 12.8 Å². The Kier molecular flexibility index (Phi) is 5.54. The van der Waals surface area contributed by atoms with E-state index in [2.05, 4.69) is 0 Å². The summed E-state index contributed by atoms with van der Waals surface area (Å²) in [5.74, 6) is 0.0111. The van der Waals surface area contributed by atoms with Crippen molar-refractivity contribution in [3.8, 4) is 0 Å². The molecule has 0 aromatic heterocycles. The van der Waals surface area contributed by atoms with Crippen molar-refractivity contribution in [1.82, 2.24) is 4.90 Å². The molecule has 1 heterocycles. The molecule has 1 aliphatic heterocycles. The molecule has 1 saturated heterocycles. The smallest absolute Gasteiger partial charge is 0.391 e.